The van der Waals surface area contributed by atoms with Crippen LogP contribution in [0.25, 0.3) is 32.9 Å². The number of hydrogen-bond acceptors (Lipinski definition) is 2. The number of pyridine rings is 1. The molecule has 0 amide bonds. The van der Waals surface area contributed by atoms with Crippen molar-refractivity contribution in [3.8, 4) is 11.3 Å². The molecule has 0 saturated carbocycles. The average molecular weight is 393 g/mol. The predicted octanol–water partition coefficient (Wildman–Crippen LogP) is 6.35. The number of halogens is 2. The Labute approximate surface area is 168 Å². The number of hydrogen-bond donors (Lipinski definition) is 0. The minimum atomic E-state index is 0.562. The van der Waals surface area contributed by atoms with E-state index >= 15 is 0 Å². The second-order valence-corrected chi connectivity index (χ2v) is 7.97. The molecule has 0 aliphatic carbocycles. The van der Waals surface area contributed by atoms with Crippen molar-refractivity contribution in [2.75, 3.05) is 13.6 Å². The number of rotatable bonds is 1. The standard InChI is InChI=1S/C23H18Cl2N2/c1-27-12-11-16-18(13-27)23(17-7-4-8-19(24)22(17)25)26-20-10-9-14-5-2-3-6-15(14)21(16)20/h2-10H,11-13H2,1H3. The van der Waals surface area contributed by atoms with Crippen molar-refractivity contribution >= 4 is 44.9 Å². The molecule has 0 unspecified atom stereocenters. The third-order valence-electron chi connectivity index (χ3n) is 5.47. The molecular formula is C23H18Cl2N2. The van der Waals surface area contributed by atoms with Crippen LogP contribution >= 0.6 is 23.2 Å². The lowest BCUT2D eigenvalue weighted by atomic mass is 9.89. The number of aromatic nitrogens is 1. The SMILES string of the molecule is CN1CCc2c(c(-c3cccc(Cl)c3Cl)nc3ccc4ccccc4c23)C1. The van der Waals surface area contributed by atoms with Gasteiger partial charge in [-0.2, -0.15) is 0 Å². The van der Waals surface area contributed by atoms with Crippen molar-refractivity contribution in [3.05, 3.63) is 75.8 Å². The highest BCUT2D eigenvalue weighted by Gasteiger charge is 2.24. The van der Waals surface area contributed by atoms with Gasteiger partial charge in [0.25, 0.3) is 0 Å². The first kappa shape index (κ1) is 17.0. The van der Waals surface area contributed by atoms with Gasteiger partial charge in [0.2, 0.25) is 0 Å². The van der Waals surface area contributed by atoms with E-state index in [1.807, 2.05) is 18.2 Å². The first-order valence-electron chi connectivity index (χ1n) is 9.09. The lowest BCUT2D eigenvalue weighted by Crippen LogP contribution is -2.27. The second-order valence-electron chi connectivity index (χ2n) is 7.19. The first-order valence-corrected chi connectivity index (χ1v) is 9.85. The monoisotopic (exact) mass is 392 g/mol. The van der Waals surface area contributed by atoms with Gasteiger partial charge in [-0.3, -0.25) is 0 Å². The molecule has 0 atom stereocenters. The summed E-state index contributed by atoms with van der Waals surface area (Å²) >= 11 is 12.9. The minimum Gasteiger partial charge on any atom is -0.302 e. The van der Waals surface area contributed by atoms with Gasteiger partial charge >= 0.3 is 0 Å². The van der Waals surface area contributed by atoms with E-state index in [-0.39, 0.29) is 0 Å². The van der Waals surface area contributed by atoms with Crippen molar-refractivity contribution < 1.29 is 0 Å². The highest BCUT2D eigenvalue weighted by Crippen LogP contribution is 2.40. The van der Waals surface area contributed by atoms with E-state index < -0.39 is 0 Å². The predicted molar refractivity (Wildman–Crippen MR) is 115 cm³/mol. The summed E-state index contributed by atoms with van der Waals surface area (Å²) in [4.78, 5) is 7.41. The summed E-state index contributed by atoms with van der Waals surface area (Å²) in [6.45, 7) is 1.90. The van der Waals surface area contributed by atoms with Crippen LogP contribution in [0.4, 0.5) is 0 Å². The number of nitrogens with zero attached hydrogens (tertiary/aromatic N) is 2. The summed E-state index contributed by atoms with van der Waals surface area (Å²) in [5.41, 5.74) is 5.53. The van der Waals surface area contributed by atoms with Crippen molar-refractivity contribution in [2.24, 2.45) is 0 Å². The van der Waals surface area contributed by atoms with E-state index in [1.165, 1.54) is 27.3 Å². The van der Waals surface area contributed by atoms with E-state index in [1.54, 1.807) is 0 Å². The summed E-state index contributed by atoms with van der Waals surface area (Å²) in [5, 5.41) is 4.93. The van der Waals surface area contributed by atoms with Gasteiger partial charge in [-0.05, 0) is 47.5 Å². The molecule has 1 aromatic heterocycles. The maximum absolute atomic E-state index is 6.57. The Hall–Kier alpha value is -2.13. The first-order chi connectivity index (χ1) is 13.1. The smallest absolute Gasteiger partial charge is 0.0773 e. The molecule has 2 heterocycles. The van der Waals surface area contributed by atoms with Gasteiger partial charge in [0.1, 0.15) is 0 Å². The van der Waals surface area contributed by atoms with Gasteiger partial charge in [-0.15, -0.1) is 0 Å². The zero-order chi connectivity index (χ0) is 18.5. The summed E-state index contributed by atoms with van der Waals surface area (Å²) in [6, 6.07) is 18.6. The summed E-state index contributed by atoms with van der Waals surface area (Å²) in [7, 11) is 2.15. The molecule has 1 aliphatic heterocycles. The van der Waals surface area contributed by atoms with Crippen LogP contribution in [0.2, 0.25) is 10.0 Å². The van der Waals surface area contributed by atoms with Crippen molar-refractivity contribution in [3.63, 3.8) is 0 Å². The Morgan fingerprint density at radius 3 is 2.67 bits per heavy atom. The molecule has 3 aromatic carbocycles. The van der Waals surface area contributed by atoms with Crippen LogP contribution in [0.5, 0.6) is 0 Å². The van der Waals surface area contributed by atoms with Crippen molar-refractivity contribution in [1.29, 1.82) is 0 Å². The van der Waals surface area contributed by atoms with E-state index in [0.29, 0.717) is 10.0 Å². The Morgan fingerprint density at radius 1 is 0.926 bits per heavy atom. The molecule has 5 rings (SSSR count). The Kier molecular flexibility index (Phi) is 4.08. The molecule has 4 heteroatoms. The van der Waals surface area contributed by atoms with Crippen LogP contribution in [0, 0.1) is 0 Å². The summed E-state index contributed by atoms with van der Waals surface area (Å²) < 4.78 is 0. The summed E-state index contributed by atoms with van der Waals surface area (Å²) in [5.74, 6) is 0. The zero-order valence-electron chi connectivity index (χ0n) is 15.0. The number of benzene rings is 3. The zero-order valence-corrected chi connectivity index (χ0v) is 16.5. The highest BCUT2D eigenvalue weighted by molar-refractivity contribution is 6.43. The molecule has 4 aromatic rings. The van der Waals surface area contributed by atoms with Crippen LogP contribution in [0.15, 0.2) is 54.6 Å². The van der Waals surface area contributed by atoms with Gasteiger partial charge in [0.15, 0.2) is 0 Å². The third kappa shape index (κ3) is 2.71. The van der Waals surface area contributed by atoms with E-state index in [4.69, 9.17) is 28.2 Å². The van der Waals surface area contributed by atoms with E-state index in [9.17, 15) is 0 Å². The molecule has 0 saturated heterocycles. The maximum atomic E-state index is 6.57. The minimum absolute atomic E-state index is 0.562. The molecule has 2 nitrogen and oxygen atoms in total. The molecule has 134 valence electrons. The Morgan fingerprint density at radius 2 is 1.78 bits per heavy atom. The van der Waals surface area contributed by atoms with Crippen LogP contribution in [-0.2, 0) is 13.0 Å². The fraction of sp³-hybridized carbons (Fsp3) is 0.174. The maximum Gasteiger partial charge on any atom is 0.0773 e. The van der Waals surface area contributed by atoms with Gasteiger partial charge in [-0.1, -0.05) is 65.7 Å². The molecule has 0 bridgehead atoms. The van der Waals surface area contributed by atoms with Crippen molar-refractivity contribution in [2.45, 2.75) is 13.0 Å². The Balaban J connectivity index is 1.92. The quantitative estimate of drug-likeness (QED) is 0.350. The van der Waals surface area contributed by atoms with Crippen LogP contribution < -0.4 is 0 Å². The molecule has 0 fully saturated rings. The molecule has 27 heavy (non-hydrogen) atoms. The Bertz CT molecular complexity index is 1200. The van der Waals surface area contributed by atoms with Crippen LogP contribution in [0.1, 0.15) is 11.1 Å². The number of likely N-dealkylation sites (N-methyl/N-ethyl adjacent to an activating group) is 1. The van der Waals surface area contributed by atoms with Crippen LogP contribution in [0.3, 0.4) is 0 Å². The summed E-state index contributed by atoms with van der Waals surface area (Å²) in [6.07, 6.45) is 1.00. The fourth-order valence-corrected chi connectivity index (χ4v) is 4.55. The number of fused-ring (bicyclic) bond motifs is 5. The third-order valence-corrected chi connectivity index (χ3v) is 6.29. The average Bonchev–Trinajstić information content (AvgIpc) is 2.69. The fourth-order valence-electron chi connectivity index (χ4n) is 4.16. The molecule has 0 N–H and O–H groups in total. The van der Waals surface area contributed by atoms with Crippen LogP contribution in [-0.4, -0.2) is 23.5 Å². The van der Waals surface area contributed by atoms with Crippen molar-refractivity contribution in [1.82, 2.24) is 9.88 Å². The van der Waals surface area contributed by atoms with Gasteiger partial charge in [0.05, 0.1) is 21.3 Å². The molecule has 1 aliphatic rings. The topological polar surface area (TPSA) is 16.1 Å². The second kappa shape index (κ2) is 6.49. The van der Waals surface area contributed by atoms with Gasteiger partial charge in [-0.25, -0.2) is 4.98 Å². The van der Waals surface area contributed by atoms with Gasteiger partial charge in [0, 0.05) is 24.0 Å². The highest BCUT2D eigenvalue weighted by atomic mass is 35.5. The molecule has 0 radical (unpaired) electrons. The van der Waals surface area contributed by atoms with Gasteiger partial charge < -0.3 is 4.90 Å². The largest absolute Gasteiger partial charge is 0.302 e. The van der Waals surface area contributed by atoms with E-state index in [0.717, 1.165) is 36.3 Å². The lowest BCUT2D eigenvalue weighted by molar-refractivity contribution is 0.314. The lowest BCUT2D eigenvalue weighted by Gasteiger charge is -2.28. The van der Waals surface area contributed by atoms with E-state index in [2.05, 4.69) is 48.3 Å². The normalized spacial score (nSPS) is 14.6. The molecule has 0 spiro atoms. The molecular weight excluding hydrogens is 375 g/mol.